The molecule has 0 saturated carbocycles. The van der Waals surface area contributed by atoms with Gasteiger partial charge in [0, 0.05) is 19.6 Å². The molecule has 2 atom stereocenters. The van der Waals surface area contributed by atoms with Crippen LogP contribution in [0, 0.1) is 0 Å². The number of carbonyl (C=O) groups is 2. The summed E-state index contributed by atoms with van der Waals surface area (Å²) in [7, 11) is 1.67. The SMILES string of the molecule is COc1cccc(CCN2CC3CC(C2)N(C(=O)OCc2ccccc2)N3C(=O)OCc2ccccc2)c1. The Bertz CT molecular complexity index is 1150. The third-order valence-corrected chi connectivity index (χ3v) is 7.04. The molecule has 2 aliphatic heterocycles. The normalized spacial score (nSPS) is 18.8. The van der Waals surface area contributed by atoms with Gasteiger partial charge in [0.25, 0.3) is 0 Å². The monoisotopic (exact) mass is 515 g/mol. The molecule has 5 rings (SSSR count). The lowest BCUT2D eigenvalue weighted by Gasteiger charge is -2.30. The lowest BCUT2D eigenvalue weighted by Crippen LogP contribution is -2.50. The summed E-state index contributed by atoms with van der Waals surface area (Å²) in [5.41, 5.74) is 2.96. The Labute approximate surface area is 223 Å². The number of nitrogens with zero attached hydrogens (tertiary/aromatic N) is 3. The minimum absolute atomic E-state index is 0.139. The van der Waals surface area contributed by atoms with E-state index >= 15 is 0 Å². The molecular formula is C30H33N3O5. The molecule has 0 spiro atoms. The van der Waals surface area contributed by atoms with E-state index in [0.29, 0.717) is 19.5 Å². The number of ether oxygens (including phenoxy) is 3. The van der Waals surface area contributed by atoms with Crippen LogP contribution in [0.15, 0.2) is 84.9 Å². The van der Waals surface area contributed by atoms with Gasteiger partial charge in [0.1, 0.15) is 19.0 Å². The van der Waals surface area contributed by atoms with Gasteiger partial charge in [-0.15, -0.1) is 0 Å². The van der Waals surface area contributed by atoms with E-state index in [2.05, 4.69) is 11.0 Å². The molecule has 198 valence electrons. The Balaban J connectivity index is 1.28. The number of methoxy groups -OCH3 is 1. The third-order valence-electron chi connectivity index (χ3n) is 7.04. The van der Waals surface area contributed by atoms with Crippen molar-refractivity contribution in [2.45, 2.75) is 38.1 Å². The maximum Gasteiger partial charge on any atom is 0.429 e. The molecule has 2 aliphatic rings. The second-order valence-corrected chi connectivity index (χ2v) is 9.67. The van der Waals surface area contributed by atoms with Crippen LogP contribution in [0.1, 0.15) is 23.1 Å². The van der Waals surface area contributed by atoms with E-state index in [0.717, 1.165) is 29.8 Å². The van der Waals surface area contributed by atoms with Gasteiger partial charge in [-0.2, -0.15) is 0 Å². The van der Waals surface area contributed by atoms with Gasteiger partial charge < -0.3 is 14.2 Å². The van der Waals surface area contributed by atoms with Crippen molar-refractivity contribution in [2.24, 2.45) is 0 Å². The molecule has 8 nitrogen and oxygen atoms in total. The van der Waals surface area contributed by atoms with Crippen molar-refractivity contribution in [2.75, 3.05) is 26.7 Å². The first-order valence-electron chi connectivity index (χ1n) is 13.0. The summed E-state index contributed by atoms with van der Waals surface area (Å²) in [4.78, 5) is 29.0. The van der Waals surface area contributed by atoms with Gasteiger partial charge in [-0.05, 0) is 41.7 Å². The Morgan fingerprint density at radius 2 is 1.26 bits per heavy atom. The molecule has 2 amide bonds. The van der Waals surface area contributed by atoms with Gasteiger partial charge in [0.15, 0.2) is 0 Å². The fourth-order valence-corrected chi connectivity index (χ4v) is 5.18. The number of amides is 2. The molecule has 0 N–H and O–H groups in total. The van der Waals surface area contributed by atoms with Gasteiger partial charge in [-0.1, -0.05) is 72.8 Å². The van der Waals surface area contributed by atoms with Crippen molar-refractivity contribution in [3.8, 4) is 5.75 Å². The van der Waals surface area contributed by atoms with E-state index in [9.17, 15) is 9.59 Å². The summed E-state index contributed by atoms with van der Waals surface area (Å²) in [6.07, 6.45) is 0.463. The molecule has 38 heavy (non-hydrogen) atoms. The van der Waals surface area contributed by atoms with E-state index in [1.165, 1.54) is 15.6 Å². The first kappa shape index (κ1) is 25.6. The van der Waals surface area contributed by atoms with Crippen LogP contribution in [0.4, 0.5) is 9.59 Å². The topological polar surface area (TPSA) is 71.6 Å². The number of piperidine rings is 1. The van der Waals surface area contributed by atoms with Crippen molar-refractivity contribution in [1.82, 2.24) is 14.9 Å². The molecule has 2 unspecified atom stereocenters. The van der Waals surface area contributed by atoms with Crippen molar-refractivity contribution < 1.29 is 23.8 Å². The molecule has 2 saturated heterocycles. The van der Waals surface area contributed by atoms with E-state index in [1.54, 1.807) is 7.11 Å². The molecule has 0 radical (unpaired) electrons. The fraction of sp³-hybridized carbons (Fsp3) is 0.333. The van der Waals surface area contributed by atoms with E-state index in [1.807, 2.05) is 78.9 Å². The third kappa shape index (κ3) is 6.08. The second-order valence-electron chi connectivity index (χ2n) is 9.67. The van der Waals surface area contributed by atoms with Gasteiger partial charge in [-0.3, -0.25) is 4.90 Å². The number of hydrogen-bond donors (Lipinski definition) is 0. The summed E-state index contributed by atoms with van der Waals surface area (Å²) < 4.78 is 16.7. The number of rotatable bonds is 8. The van der Waals surface area contributed by atoms with Gasteiger partial charge >= 0.3 is 12.2 Å². The molecule has 3 aromatic carbocycles. The lowest BCUT2D eigenvalue weighted by atomic mass is 10.0. The zero-order valence-electron chi connectivity index (χ0n) is 21.6. The molecule has 2 bridgehead atoms. The minimum atomic E-state index is -0.535. The first-order valence-corrected chi connectivity index (χ1v) is 13.0. The van der Waals surface area contributed by atoms with Crippen molar-refractivity contribution in [3.05, 3.63) is 102 Å². The molecule has 0 aliphatic carbocycles. The van der Waals surface area contributed by atoms with Crippen LogP contribution in [0.2, 0.25) is 0 Å². The highest BCUT2D eigenvalue weighted by atomic mass is 16.6. The molecule has 2 heterocycles. The van der Waals surface area contributed by atoms with Crippen molar-refractivity contribution in [1.29, 1.82) is 0 Å². The van der Waals surface area contributed by atoms with Crippen LogP contribution in [-0.4, -0.2) is 65.9 Å². The van der Waals surface area contributed by atoms with Gasteiger partial charge in [0.2, 0.25) is 0 Å². The zero-order chi connectivity index (χ0) is 26.3. The highest BCUT2D eigenvalue weighted by Gasteiger charge is 2.50. The first-order chi connectivity index (χ1) is 18.6. The van der Waals surface area contributed by atoms with Crippen molar-refractivity contribution in [3.63, 3.8) is 0 Å². The average molecular weight is 516 g/mol. The smallest absolute Gasteiger partial charge is 0.429 e. The number of hydrazine groups is 1. The van der Waals surface area contributed by atoms with Crippen LogP contribution >= 0.6 is 0 Å². The number of hydrogen-bond acceptors (Lipinski definition) is 6. The van der Waals surface area contributed by atoms with Crippen LogP contribution in [0.25, 0.3) is 0 Å². The predicted molar refractivity (Wildman–Crippen MR) is 142 cm³/mol. The van der Waals surface area contributed by atoms with Gasteiger partial charge in [0.05, 0.1) is 19.2 Å². The Kier molecular flexibility index (Phi) is 8.09. The fourth-order valence-electron chi connectivity index (χ4n) is 5.18. The highest BCUT2D eigenvalue weighted by Crippen LogP contribution is 2.32. The molecule has 8 heteroatoms. The summed E-state index contributed by atoms with van der Waals surface area (Å²) in [5, 5.41) is 2.96. The minimum Gasteiger partial charge on any atom is -0.497 e. The predicted octanol–water partition coefficient (Wildman–Crippen LogP) is 4.89. The van der Waals surface area contributed by atoms with Crippen LogP contribution < -0.4 is 4.74 Å². The van der Waals surface area contributed by atoms with Crippen LogP contribution in [0.5, 0.6) is 5.75 Å². The van der Waals surface area contributed by atoms with Gasteiger partial charge in [-0.25, -0.2) is 19.6 Å². The Morgan fingerprint density at radius 1 is 0.737 bits per heavy atom. The van der Waals surface area contributed by atoms with Crippen LogP contribution in [-0.2, 0) is 29.1 Å². The molecule has 0 aromatic heterocycles. The zero-order valence-corrected chi connectivity index (χ0v) is 21.6. The number of likely N-dealkylation sites (tertiary alicyclic amines) is 1. The largest absolute Gasteiger partial charge is 0.497 e. The summed E-state index contributed by atoms with van der Waals surface area (Å²) in [6.45, 7) is 2.40. The second kappa shape index (κ2) is 12.0. The Morgan fingerprint density at radius 3 is 1.79 bits per heavy atom. The standard InChI is InChI=1S/C30H33N3O5/c1-36-28-14-8-13-23(17-28)15-16-31-19-26-18-27(20-31)33(30(35)38-22-25-11-6-3-7-12-25)32(26)29(34)37-21-24-9-4-2-5-10-24/h2-14,17,26-27H,15-16,18-22H2,1H3. The number of fused-ring (bicyclic) bond motifs is 2. The maximum atomic E-state index is 13.3. The molecule has 3 aromatic rings. The average Bonchev–Trinajstić information content (AvgIpc) is 3.24. The lowest BCUT2D eigenvalue weighted by molar-refractivity contribution is -0.0199. The summed E-state index contributed by atoms with van der Waals surface area (Å²) in [6, 6.07) is 26.8. The van der Waals surface area contributed by atoms with E-state index in [4.69, 9.17) is 14.2 Å². The highest BCUT2D eigenvalue weighted by molar-refractivity contribution is 5.76. The summed E-state index contributed by atoms with van der Waals surface area (Å²) in [5.74, 6) is 0.834. The van der Waals surface area contributed by atoms with Crippen LogP contribution in [0.3, 0.4) is 0 Å². The quantitative estimate of drug-likeness (QED) is 0.426. The number of benzene rings is 3. The molecule has 2 fully saturated rings. The number of carbonyl (C=O) groups excluding carboxylic acids is 2. The maximum absolute atomic E-state index is 13.3. The summed E-state index contributed by atoms with van der Waals surface area (Å²) >= 11 is 0. The molecular weight excluding hydrogens is 482 g/mol. The van der Waals surface area contributed by atoms with Crippen molar-refractivity contribution >= 4 is 12.2 Å². The van der Waals surface area contributed by atoms with E-state index in [-0.39, 0.29) is 25.3 Å². The van der Waals surface area contributed by atoms with E-state index < -0.39 is 12.2 Å². The Hall–Kier alpha value is -4.04.